The molecule has 0 bridgehead atoms. The third-order valence-electron chi connectivity index (χ3n) is 11.2. The summed E-state index contributed by atoms with van der Waals surface area (Å²) in [4.78, 5) is 23.1. The molecule has 0 radical (unpaired) electrons. The molecule has 0 saturated heterocycles. The maximum atomic E-state index is 14.6. The molecule has 2 spiro atoms. The topological polar surface area (TPSA) is 120 Å². The zero-order valence-electron chi connectivity index (χ0n) is 28.5. The van der Waals surface area contributed by atoms with Gasteiger partial charge in [-0.1, -0.05) is 18.8 Å². The van der Waals surface area contributed by atoms with E-state index < -0.39 is 6.10 Å². The van der Waals surface area contributed by atoms with Crippen LogP contribution in [0.15, 0.2) is 47.5 Å². The summed E-state index contributed by atoms with van der Waals surface area (Å²) >= 11 is 3.32. The van der Waals surface area contributed by atoms with Gasteiger partial charge in [0.05, 0.1) is 15.9 Å². The molecule has 3 aliphatic rings. The van der Waals surface area contributed by atoms with E-state index in [9.17, 15) is 15.0 Å². The average Bonchev–Trinajstić information content (AvgIpc) is 3.88. The second kappa shape index (κ2) is 14.7. The highest BCUT2D eigenvalue weighted by Crippen LogP contribution is 2.65. The third kappa shape index (κ3) is 7.61. The van der Waals surface area contributed by atoms with Crippen molar-refractivity contribution in [2.75, 3.05) is 18.9 Å². The minimum atomic E-state index is -0.501. The zero-order chi connectivity index (χ0) is 33.9. The molecule has 1 aromatic carbocycles. The van der Waals surface area contributed by atoms with Crippen molar-refractivity contribution >= 4 is 40.1 Å². The predicted molar refractivity (Wildman–Crippen MR) is 199 cm³/mol. The number of aliphatic hydroxyl groups is 1. The maximum Gasteiger partial charge on any atom is 0.188 e. The van der Waals surface area contributed by atoms with Gasteiger partial charge in [0.15, 0.2) is 11.7 Å². The van der Waals surface area contributed by atoms with Crippen molar-refractivity contribution in [2.24, 2.45) is 33.4 Å². The molecule has 2 heterocycles. The number of Topliss-reactive ketones (excluding diaryl/α,β-unsaturated/α-hetero) is 1. The first-order valence-electron chi connectivity index (χ1n) is 17.5. The SMILES string of the molecule is CC#Cc1ccc(-c2ccc(C(=O)[C@@H]3CC[C@@H]([C@@H](Cc4cc(O)cc(NC[C@H](C)O)c4)NC(N)=NC)C[C@]34CCC3(CCCC3)C4)s2)s1. The number of phenols is 1. The Bertz CT molecular complexity index is 1690. The van der Waals surface area contributed by atoms with E-state index in [2.05, 4.69) is 51.7 Å². The van der Waals surface area contributed by atoms with Crippen molar-refractivity contribution in [3.63, 3.8) is 0 Å². The van der Waals surface area contributed by atoms with Crippen LogP contribution in [0.4, 0.5) is 5.69 Å². The van der Waals surface area contributed by atoms with Crippen molar-refractivity contribution in [3.8, 4) is 27.3 Å². The average molecular weight is 687 g/mol. The van der Waals surface area contributed by atoms with E-state index in [-0.39, 0.29) is 23.1 Å². The van der Waals surface area contributed by atoms with Crippen molar-refractivity contribution < 1.29 is 15.0 Å². The van der Waals surface area contributed by atoms with Gasteiger partial charge in [-0.25, -0.2) is 0 Å². The molecule has 48 heavy (non-hydrogen) atoms. The monoisotopic (exact) mass is 686 g/mol. The number of benzene rings is 1. The highest BCUT2D eigenvalue weighted by atomic mass is 32.1. The molecule has 0 unspecified atom stereocenters. The molecule has 2 aromatic heterocycles. The summed E-state index contributed by atoms with van der Waals surface area (Å²) in [5.74, 6) is 7.37. The van der Waals surface area contributed by atoms with Gasteiger partial charge in [-0.15, -0.1) is 28.6 Å². The molecule has 3 saturated carbocycles. The van der Waals surface area contributed by atoms with Crippen LogP contribution < -0.4 is 16.4 Å². The van der Waals surface area contributed by atoms with E-state index in [1.165, 1.54) is 37.0 Å². The summed E-state index contributed by atoms with van der Waals surface area (Å²) in [6.07, 6.45) is 11.6. The van der Waals surface area contributed by atoms with Crippen LogP contribution >= 0.6 is 22.7 Å². The minimum absolute atomic E-state index is 0.000699. The lowest BCUT2D eigenvalue weighted by molar-refractivity contribution is 0.0339. The number of carbonyl (C=O) groups excluding carboxylic acids is 1. The Morgan fingerprint density at radius 1 is 1.08 bits per heavy atom. The first-order valence-corrected chi connectivity index (χ1v) is 19.1. The Hall–Kier alpha value is -3.32. The molecule has 256 valence electrons. The fourth-order valence-corrected chi connectivity index (χ4v) is 11.1. The van der Waals surface area contributed by atoms with Crippen LogP contribution in [-0.2, 0) is 6.42 Å². The largest absolute Gasteiger partial charge is 0.508 e. The van der Waals surface area contributed by atoms with Crippen molar-refractivity contribution in [1.29, 1.82) is 0 Å². The number of anilines is 1. The third-order valence-corrected chi connectivity index (χ3v) is 13.5. The molecule has 9 heteroatoms. The summed E-state index contributed by atoms with van der Waals surface area (Å²) in [6, 6.07) is 13.9. The quantitative estimate of drug-likeness (QED) is 0.0642. The van der Waals surface area contributed by atoms with Gasteiger partial charge in [-0.3, -0.25) is 9.79 Å². The highest BCUT2D eigenvalue weighted by Gasteiger charge is 2.57. The molecular weight excluding hydrogens is 637 g/mol. The number of hydrogen-bond acceptors (Lipinski definition) is 7. The summed E-state index contributed by atoms with van der Waals surface area (Å²) in [5.41, 5.74) is 8.42. The first-order chi connectivity index (χ1) is 23.1. The number of nitrogens with zero attached hydrogens (tertiary/aromatic N) is 1. The van der Waals surface area contributed by atoms with Gasteiger partial charge in [-0.2, -0.15) is 0 Å². The van der Waals surface area contributed by atoms with Crippen LogP contribution in [-0.4, -0.2) is 47.7 Å². The van der Waals surface area contributed by atoms with Gasteiger partial charge in [-0.05, 0) is 130 Å². The number of phenolic OH excluding ortho intramolecular Hbond substituents is 1. The number of aliphatic imine (C=N–C) groups is 1. The van der Waals surface area contributed by atoms with Crippen LogP contribution in [0.5, 0.6) is 5.75 Å². The molecule has 3 aromatic rings. The number of rotatable bonds is 10. The number of aliphatic hydroxyl groups excluding tert-OH is 1. The Morgan fingerprint density at radius 2 is 1.85 bits per heavy atom. The van der Waals surface area contributed by atoms with E-state index >= 15 is 0 Å². The standard InChI is InChI=1S/C39H50N4O3S2/c1-4-7-30-9-11-33(47-30)34-12-13-35(48-34)36(46)31-10-8-27(22-39(31)17-16-38(24-39)14-5-6-15-38)32(43-37(40)41-3)20-26-18-28(21-29(45)19-26)42-23-25(2)44/h9,11-13,18-19,21,25,27,31-32,42,44-45H,5-6,8,10,14-17,20,22-24H2,1-3H3,(H3,40,41,43)/t25-,27+,31-,32+,39-/m0/s1. The van der Waals surface area contributed by atoms with Gasteiger partial charge in [0.25, 0.3) is 0 Å². The number of carbonyl (C=O) groups is 1. The van der Waals surface area contributed by atoms with Crippen LogP contribution in [0.2, 0.25) is 0 Å². The lowest BCUT2D eigenvalue weighted by Crippen LogP contribution is -2.50. The molecule has 6 rings (SSSR count). The molecule has 3 fully saturated rings. The maximum absolute atomic E-state index is 14.6. The fraction of sp³-hybridized carbons (Fsp3) is 0.538. The molecule has 6 N–H and O–H groups in total. The number of guanidine groups is 1. The van der Waals surface area contributed by atoms with Crippen LogP contribution in [0.25, 0.3) is 9.75 Å². The Balaban J connectivity index is 1.27. The van der Waals surface area contributed by atoms with Gasteiger partial charge < -0.3 is 26.6 Å². The number of thiophene rings is 2. The normalized spacial score (nSPS) is 24.7. The van der Waals surface area contributed by atoms with Gasteiger partial charge >= 0.3 is 0 Å². The van der Waals surface area contributed by atoms with Crippen LogP contribution in [0.3, 0.4) is 0 Å². The van der Waals surface area contributed by atoms with Crippen molar-refractivity contribution in [1.82, 2.24) is 5.32 Å². The fourth-order valence-electron chi connectivity index (χ4n) is 9.11. The number of nitrogens with one attached hydrogen (secondary N) is 2. The number of hydrogen-bond donors (Lipinski definition) is 5. The summed E-state index contributed by atoms with van der Waals surface area (Å²) in [6.45, 7) is 3.99. The molecular formula is C39H50N4O3S2. The van der Waals surface area contributed by atoms with Crippen molar-refractivity contribution in [2.45, 2.75) is 96.6 Å². The summed E-state index contributed by atoms with van der Waals surface area (Å²) in [7, 11) is 1.70. The summed E-state index contributed by atoms with van der Waals surface area (Å²) in [5, 5.41) is 27.1. The van der Waals surface area contributed by atoms with E-state index in [1.54, 1.807) is 42.7 Å². The lowest BCUT2D eigenvalue weighted by Gasteiger charge is -2.47. The van der Waals surface area contributed by atoms with Gasteiger partial charge in [0, 0.05) is 47.1 Å². The molecule has 5 atom stereocenters. The second-order valence-electron chi connectivity index (χ2n) is 14.6. The zero-order valence-corrected chi connectivity index (χ0v) is 30.1. The van der Waals surface area contributed by atoms with E-state index in [0.29, 0.717) is 36.0 Å². The van der Waals surface area contributed by atoms with E-state index in [1.807, 2.05) is 19.1 Å². The highest BCUT2D eigenvalue weighted by molar-refractivity contribution is 7.23. The smallest absolute Gasteiger partial charge is 0.188 e. The van der Waals surface area contributed by atoms with Gasteiger partial charge in [0.2, 0.25) is 0 Å². The Morgan fingerprint density at radius 3 is 2.60 bits per heavy atom. The Labute approximate surface area is 293 Å². The minimum Gasteiger partial charge on any atom is -0.508 e. The molecule has 0 amide bonds. The number of ketones is 1. The van der Waals surface area contributed by atoms with Gasteiger partial charge in [0.1, 0.15) is 5.75 Å². The van der Waals surface area contributed by atoms with E-state index in [0.717, 1.165) is 58.0 Å². The second-order valence-corrected chi connectivity index (χ2v) is 16.8. The van der Waals surface area contributed by atoms with Crippen molar-refractivity contribution in [3.05, 3.63) is 57.8 Å². The molecule has 7 nitrogen and oxygen atoms in total. The molecule has 0 aliphatic heterocycles. The predicted octanol–water partition coefficient (Wildman–Crippen LogP) is 7.82. The lowest BCUT2D eigenvalue weighted by atomic mass is 9.58. The number of nitrogens with two attached hydrogens (primary N) is 1. The first kappa shape index (κ1) is 34.5. The summed E-state index contributed by atoms with van der Waals surface area (Å²) < 4.78 is 0. The number of aromatic hydroxyl groups is 1. The molecule has 3 aliphatic carbocycles. The van der Waals surface area contributed by atoms with Crippen LogP contribution in [0, 0.1) is 34.5 Å². The van der Waals surface area contributed by atoms with E-state index in [4.69, 9.17) is 5.73 Å². The van der Waals surface area contributed by atoms with Crippen LogP contribution in [0.1, 0.15) is 98.2 Å². The Kier molecular flexibility index (Phi) is 10.5.